The molecule has 0 radical (unpaired) electrons. The molecule has 0 bridgehead atoms. The summed E-state index contributed by atoms with van der Waals surface area (Å²) < 4.78 is 37.6. The Bertz CT molecular complexity index is 473. The molecular formula is C11H9ClF3NO3. The lowest BCUT2D eigenvalue weighted by Gasteiger charge is -2.15. The van der Waals surface area contributed by atoms with Gasteiger partial charge in [-0.3, -0.25) is 14.9 Å². The van der Waals surface area contributed by atoms with Crippen LogP contribution in [0.2, 0.25) is 5.02 Å². The van der Waals surface area contributed by atoms with Crippen molar-refractivity contribution in [2.45, 2.75) is 12.6 Å². The molecule has 0 N–H and O–H groups in total. The molecular weight excluding hydrogens is 287 g/mol. The maximum absolute atomic E-state index is 12.5. The molecule has 8 heteroatoms. The van der Waals surface area contributed by atoms with E-state index < -0.39 is 35.8 Å². The lowest BCUT2D eigenvalue weighted by molar-refractivity contribution is -0.497. The highest BCUT2D eigenvalue weighted by Crippen LogP contribution is 2.30. The van der Waals surface area contributed by atoms with Gasteiger partial charge >= 0.3 is 6.18 Å². The zero-order valence-corrected chi connectivity index (χ0v) is 10.2. The third kappa shape index (κ3) is 4.86. The van der Waals surface area contributed by atoms with Crippen LogP contribution in [0.5, 0.6) is 0 Å². The molecule has 1 rings (SSSR count). The average Bonchev–Trinajstić information content (AvgIpc) is 2.27. The highest BCUT2D eigenvalue weighted by Gasteiger charge is 2.44. The van der Waals surface area contributed by atoms with Crippen LogP contribution in [0.3, 0.4) is 0 Å². The Hall–Kier alpha value is -1.63. The van der Waals surface area contributed by atoms with Crippen molar-refractivity contribution < 1.29 is 22.9 Å². The van der Waals surface area contributed by atoms with Gasteiger partial charge < -0.3 is 0 Å². The molecule has 1 unspecified atom stereocenters. The maximum Gasteiger partial charge on any atom is 0.398 e. The summed E-state index contributed by atoms with van der Waals surface area (Å²) in [6.45, 7) is -1.32. The molecule has 0 aliphatic rings. The molecule has 0 aromatic heterocycles. The normalized spacial score (nSPS) is 13.1. The smallest absolute Gasteiger partial charge is 0.294 e. The number of rotatable bonds is 5. The molecule has 1 atom stereocenters. The number of nitrogens with zero attached hydrogens (tertiary/aromatic N) is 1. The van der Waals surface area contributed by atoms with Gasteiger partial charge in [0.1, 0.15) is 5.92 Å². The topological polar surface area (TPSA) is 60.2 Å². The zero-order valence-electron chi connectivity index (χ0n) is 9.48. The number of benzene rings is 1. The van der Waals surface area contributed by atoms with Crippen molar-refractivity contribution in [3.63, 3.8) is 0 Å². The van der Waals surface area contributed by atoms with E-state index >= 15 is 0 Å². The first-order chi connectivity index (χ1) is 8.70. The lowest BCUT2D eigenvalue weighted by atomic mass is 9.98. The number of nitro groups is 1. The second-order valence-corrected chi connectivity index (χ2v) is 4.32. The summed E-state index contributed by atoms with van der Waals surface area (Å²) in [5, 5.41) is 10.5. The molecule has 1 aromatic carbocycles. The van der Waals surface area contributed by atoms with Gasteiger partial charge in [-0.1, -0.05) is 11.6 Å². The highest BCUT2D eigenvalue weighted by molar-refractivity contribution is 6.30. The number of Topliss-reactive ketones (excluding diaryl/α,β-unsaturated/α-hetero) is 1. The monoisotopic (exact) mass is 295 g/mol. The lowest BCUT2D eigenvalue weighted by Crippen LogP contribution is -2.31. The molecule has 0 saturated carbocycles. The van der Waals surface area contributed by atoms with Gasteiger partial charge in [0.05, 0.1) is 0 Å². The first-order valence-electron chi connectivity index (χ1n) is 5.17. The molecule has 0 fully saturated rings. The maximum atomic E-state index is 12.5. The molecule has 0 amide bonds. The summed E-state index contributed by atoms with van der Waals surface area (Å²) in [6, 6.07) is 5.30. The fourth-order valence-electron chi connectivity index (χ4n) is 1.44. The summed E-state index contributed by atoms with van der Waals surface area (Å²) in [5.41, 5.74) is 0.0435. The Morgan fingerprint density at radius 2 is 1.84 bits per heavy atom. The predicted molar refractivity (Wildman–Crippen MR) is 61.8 cm³/mol. The van der Waals surface area contributed by atoms with Gasteiger partial charge in [-0.15, -0.1) is 0 Å². The van der Waals surface area contributed by atoms with E-state index in [1.165, 1.54) is 24.3 Å². The molecule has 0 spiro atoms. The molecule has 0 aliphatic heterocycles. The number of hydrogen-bond donors (Lipinski definition) is 0. The second kappa shape index (κ2) is 6.01. The van der Waals surface area contributed by atoms with Crippen LogP contribution in [0.25, 0.3) is 0 Å². The molecule has 4 nitrogen and oxygen atoms in total. The summed E-state index contributed by atoms with van der Waals surface area (Å²) in [7, 11) is 0. The molecule has 0 saturated heterocycles. The van der Waals surface area contributed by atoms with Crippen LogP contribution in [0, 0.1) is 16.0 Å². The number of halogens is 4. The van der Waals surface area contributed by atoms with Gasteiger partial charge in [0.15, 0.2) is 5.78 Å². The minimum Gasteiger partial charge on any atom is -0.294 e. The summed E-state index contributed by atoms with van der Waals surface area (Å²) in [5.74, 6) is -3.09. The van der Waals surface area contributed by atoms with Gasteiger partial charge in [-0.25, -0.2) is 0 Å². The van der Waals surface area contributed by atoms with E-state index in [1.54, 1.807) is 0 Å². The molecule has 1 aromatic rings. The van der Waals surface area contributed by atoms with E-state index in [2.05, 4.69) is 0 Å². The Labute approximate surface area is 111 Å². The Morgan fingerprint density at radius 1 is 1.32 bits per heavy atom. The van der Waals surface area contributed by atoms with E-state index in [0.29, 0.717) is 5.02 Å². The summed E-state index contributed by atoms with van der Waals surface area (Å²) in [4.78, 5) is 20.7. The fraction of sp³-hybridized carbons (Fsp3) is 0.364. The molecule has 19 heavy (non-hydrogen) atoms. The summed E-state index contributed by atoms with van der Waals surface area (Å²) in [6.07, 6.45) is -5.73. The average molecular weight is 296 g/mol. The number of hydrogen-bond acceptors (Lipinski definition) is 3. The summed E-state index contributed by atoms with van der Waals surface area (Å²) >= 11 is 5.58. The van der Waals surface area contributed by atoms with E-state index in [-0.39, 0.29) is 5.56 Å². The van der Waals surface area contributed by atoms with Crippen molar-refractivity contribution in [3.8, 4) is 0 Å². The largest absolute Gasteiger partial charge is 0.398 e. The fourth-order valence-corrected chi connectivity index (χ4v) is 1.57. The van der Waals surface area contributed by atoms with E-state index in [1.807, 2.05) is 0 Å². The SMILES string of the molecule is O=C(CC(C[N+](=O)[O-])C(F)(F)F)c1ccc(Cl)cc1. The van der Waals surface area contributed by atoms with Crippen molar-refractivity contribution in [3.05, 3.63) is 45.0 Å². The van der Waals surface area contributed by atoms with Gasteiger partial charge in [0.2, 0.25) is 6.54 Å². The van der Waals surface area contributed by atoms with Crippen molar-refractivity contribution in [2.24, 2.45) is 5.92 Å². The van der Waals surface area contributed by atoms with Crippen molar-refractivity contribution >= 4 is 17.4 Å². The second-order valence-electron chi connectivity index (χ2n) is 3.89. The van der Waals surface area contributed by atoms with Gasteiger partial charge in [0, 0.05) is 21.9 Å². The highest BCUT2D eigenvalue weighted by atomic mass is 35.5. The van der Waals surface area contributed by atoms with Crippen molar-refractivity contribution in [1.82, 2.24) is 0 Å². The standard InChI is InChI=1S/C11H9ClF3NO3/c12-9-3-1-7(2-4-9)10(17)5-8(6-16(18)19)11(13,14)15/h1-4,8H,5-6H2. The third-order valence-electron chi connectivity index (χ3n) is 2.43. The minimum atomic E-state index is -4.78. The van der Waals surface area contributed by atoms with Gasteiger partial charge in [0.25, 0.3) is 0 Å². The van der Waals surface area contributed by atoms with Crippen molar-refractivity contribution in [1.29, 1.82) is 0 Å². The number of ketones is 1. The minimum absolute atomic E-state index is 0.0435. The van der Waals surface area contributed by atoms with Crippen LogP contribution in [0.1, 0.15) is 16.8 Å². The number of carbonyl (C=O) groups excluding carboxylic acids is 1. The molecule has 0 aliphatic carbocycles. The molecule has 104 valence electrons. The van der Waals surface area contributed by atoms with E-state index in [0.717, 1.165) is 0 Å². The van der Waals surface area contributed by atoms with Crippen molar-refractivity contribution in [2.75, 3.05) is 6.54 Å². The first kappa shape index (κ1) is 15.4. The van der Waals surface area contributed by atoms with E-state index in [4.69, 9.17) is 11.6 Å². The Kier molecular flexibility index (Phi) is 4.88. The van der Waals surface area contributed by atoms with Crippen LogP contribution in [-0.2, 0) is 0 Å². The van der Waals surface area contributed by atoms with Gasteiger partial charge in [-0.2, -0.15) is 13.2 Å². The van der Waals surface area contributed by atoms with Gasteiger partial charge in [-0.05, 0) is 24.3 Å². The van der Waals surface area contributed by atoms with Crippen LogP contribution < -0.4 is 0 Å². The predicted octanol–water partition coefficient (Wildman–Crippen LogP) is 3.37. The quantitative estimate of drug-likeness (QED) is 0.475. The van der Waals surface area contributed by atoms with Crippen LogP contribution in [-0.4, -0.2) is 23.4 Å². The number of alkyl halides is 3. The van der Waals surface area contributed by atoms with E-state index in [9.17, 15) is 28.1 Å². The Balaban J connectivity index is 2.81. The van der Waals surface area contributed by atoms with Crippen LogP contribution >= 0.6 is 11.6 Å². The van der Waals surface area contributed by atoms with Crippen LogP contribution in [0.4, 0.5) is 13.2 Å². The molecule has 0 heterocycles. The Morgan fingerprint density at radius 3 is 2.26 bits per heavy atom. The van der Waals surface area contributed by atoms with Crippen LogP contribution in [0.15, 0.2) is 24.3 Å². The third-order valence-corrected chi connectivity index (χ3v) is 2.68. The zero-order chi connectivity index (χ0) is 14.6. The number of carbonyl (C=O) groups is 1. The first-order valence-corrected chi connectivity index (χ1v) is 5.55.